The Hall–Kier alpha value is -1.47. The number of benzene rings is 1. The fourth-order valence-electron chi connectivity index (χ4n) is 1.92. The fourth-order valence-corrected chi connectivity index (χ4v) is 2.29. The summed E-state index contributed by atoms with van der Waals surface area (Å²) in [4.78, 5) is 0. The second-order valence-corrected chi connectivity index (χ2v) is 8.32. The van der Waals surface area contributed by atoms with Crippen LogP contribution in [0.25, 0.3) is 0 Å². The van der Waals surface area contributed by atoms with Crippen molar-refractivity contribution in [3.05, 3.63) is 17.7 Å². The number of hydrogen-bond donors (Lipinski definition) is 1. The summed E-state index contributed by atoms with van der Waals surface area (Å²) < 4.78 is 38.5. The number of sulfone groups is 1. The first-order chi connectivity index (χ1) is 9.74. The fraction of sp³-hybridized carbons (Fsp3) is 0.571. The number of ether oxygens (including phenoxy) is 3. The van der Waals surface area contributed by atoms with E-state index in [1.165, 1.54) is 6.26 Å². The Balaban J connectivity index is 2.05. The predicted octanol–water partition coefficient (Wildman–Crippen LogP) is 1.34. The third kappa shape index (κ3) is 3.41. The predicted molar refractivity (Wildman–Crippen MR) is 79.7 cm³/mol. The second kappa shape index (κ2) is 5.73. The van der Waals surface area contributed by atoms with Crippen LogP contribution in [0, 0.1) is 0 Å². The molecule has 0 amide bonds. The SMILES string of the molecule is COc1cc(CNCC(C)(C)S(C)(=O)=O)cc2c1OCO2. The van der Waals surface area contributed by atoms with E-state index < -0.39 is 14.6 Å². The van der Waals surface area contributed by atoms with E-state index in [1.807, 2.05) is 12.1 Å². The largest absolute Gasteiger partial charge is 0.493 e. The van der Waals surface area contributed by atoms with Gasteiger partial charge in [-0.3, -0.25) is 0 Å². The lowest BCUT2D eigenvalue weighted by molar-refractivity contribution is 0.171. The summed E-state index contributed by atoms with van der Waals surface area (Å²) >= 11 is 0. The molecule has 7 heteroatoms. The summed E-state index contributed by atoms with van der Waals surface area (Å²) in [6, 6.07) is 3.72. The summed E-state index contributed by atoms with van der Waals surface area (Å²) in [5, 5.41) is 3.16. The number of rotatable bonds is 6. The van der Waals surface area contributed by atoms with Gasteiger partial charge in [-0.2, -0.15) is 0 Å². The molecule has 6 nitrogen and oxygen atoms in total. The van der Waals surface area contributed by atoms with Gasteiger partial charge in [-0.05, 0) is 31.5 Å². The molecule has 1 aliphatic heterocycles. The zero-order chi connectivity index (χ0) is 15.7. The zero-order valence-corrected chi connectivity index (χ0v) is 13.5. The van der Waals surface area contributed by atoms with Gasteiger partial charge in [0.2, 0.25) is 12.5 Å². The van der Waals surface area contributed by atoms with Gasteiger partial charge in [0, 0.05) is 19.3 Å². The minimum absolute atomic E-state index is 0.184. The van der Waals surface area contributed by atoms with Crippen molar-refractivity contribution in [1.29, 1.82) is 0 Å². The Kier molecular flexibility index (Phi) is 4.34. The van der Waals surface area contributed by atoms with Crippen LogP contribution in [0.2, 0.25) is 0 Å². The molecule has 1 N–H and O–H groups in total. The summed E-state index contributed by atoms with van der Waals surface area (Å²) in [7, 11) is -1.54. The lowest BCUT2D eigenvalue weighted by atomic mass is 10.1. The second-order valence-electron chi connectivity index (χ2n) is 5.67. The summed E-state index contributed by atoms with van der Waals surface area (Å²) in [5.41, 5.74) is 0.945. The van der Waals surface area contributed by atoms with Gasteiger partial charge in [-0.1, -0.05) is 0 Å². The first-order valence-electron chi connectivity index (χ1n) is 6.61. The van der Waals surface area contributed by atoms with Gasteiger partial charge in [-0.25, -0.2) is 8.42 Å². The van der Waals surface area contributed by atoms with Crippen LogP contribution in [-0.2, 0) is 16.4 Å². The molecule has 1 aromatic carbocycles. The van der Waals surface area contributed by atoms with E-state index in [9.17, 15) is 8.42 Å². The molecule has 1 aliphatic rings. The normalized spacial score (nSPS) is 14.3. The minimum Gasteiger partial charge on any atom is -0.493 e. The maximum Gasteiger partial charge on any atom is 0.231 e. The van der Waals surface area contributed by atoms with Crippen molar-refractivity contribution in [2.45, 2.75) is 25.1 Å². The molecule has 21 heavy (non-hydrogen) atoms. The third-order valence-electron chi connectivity index (χ3n) is 3.60. The first kappa shape index (κ1) is 15.9. The van der Waals surface area contributed by atoms with Crippen LogP contribution in [0.15, 0.2) is 12.1 Å². The van der Waals surface area contributed by atoms with Gasteiger partial charge in [-0.15, -0.1) is 0 Å². The van der Waals surface area contributed by atoms with Crippen molar-refractivity contribution < 1.29 is 22.6 Å². The average Bonchev–Trinajstić information content (AvgIpc) is 2.84. The maximum absolute atomic E-state index is 11.7. The molecule has 0 aromatic heterocycles. The highest BCUT2D eigenvalue weighted by molar-refractivity contribution is 7.92. The van der Waals surface area contributed by atoms with E-state index in [4.69, 9.17) is 14.2 Å². The molecule has 0 saturated carbocycles. The monoisotopic (exact) mass is 315 g/mol. The van der Waals surface area contributed by atoms with Crippen molar-refractivity contribution in [3.63, 3.8) is 0 Å². The van der Waals surface area contributed by atoms with E-state index in [1.54, 1.807) is 21.0 Å². The molecule has 0 atom stereocenters. The van der Waals surface area contributed by atoms with Crippen molar-refractivity contribution in [2.24, 2.45) is 0 Å². The van der Waals surface area contributed by atoms with Gasteiger partial charge in [0.05, 0.1) is 11.9 Å². The highest BCUT2D eigenvalue weighted by atomic mass is 32.2. The molecule has 118 valence electrons. The molecule has 0 radical (unpaired) electrons. The van der Waals surface area contributed by atoms with Crippen LogP contribution in [-0.4, -0.2) is 39.9 Å². The van der Waals surface area contributed by atoms with Crippen molar-refractivity contribution in [3.8, 4) is 17.2 Å². The molecular weight excluding hydrogens is 294 g/mol. The molecule has 0 aliphatic carbocycles. The van der Waals surface area contributed by atoms with Crippen molar-refractivity contribution >= 4 is 9.84 Å². The Bertz CT molecular complexity index is 624. The molecule has 0 spiro atoms. The van der Waals surface area contributed by atoms with E-state index in [2.05, 4.69) is 5.32 Å². The van der Waals surface area contributed by atoms with E-state index in [0.717, 1.165) is 5.56 Å². The molecule has 1 heterocycles. The standard InChI is InChI=1S/C14H21NO5S/c1-14(2,21(4,16)17)8-15-7-10-5-11(18-3)13-12(6-10)19-9-20-13/h5-6,15H,7-9H2,1-4H3. The molecule has 0 bridgehead atoms. The van der Waals surface area contributed by atoms with Crippen LogP contribution < -0.4 is 19.5 Å². The van der Waals surface area contributed by atoms with E-state index in [0.29, 0.717) is 30.3 Å². The minimum atomic E-state index is -3.11. The van der Waals surface area contributed by atoms with Crippen molar-refractivity contribution in [2.75, 3.05) is 26.7 Å². The Labute approximate surface area is 125 Å². The molecule has 0 unspecified atom stereocenters. The average molecular weight is 315 g/mol. The Morgan fingerprint density at radius 1 is 1.33 bits per heavy atom. The lowest BCUT2D eigenvalue weighted by Gasteiger charge is -2.23. The van der Waals surface area contributed by atoms with Crippen LogP contribution in [0.1, 0.15) is 19.4 Å². The summed E-state index contributed by atoms with van der Waals surface area (Å²) in [5.74, 6) is 1.87. The Morgan fingerprint density at radius 2 is 2.05 bits per heavy atom. The number of hydrogen-bond acceptors (Lipinski definition) is 6. The smallest absolute Gasteiger partial charge is 0.231 e. The zero-order valence-electron chi connectivity index (χ0n) is 12.7. The van der Waals surface area contributed by atoms with Crippen molar-refractivity contribution in [1.82, 2.24) is 5.32 Å². The maximum atomic E-state index is 11.7. The van der Waals surface area contributed by atoms with Crippen LogP contribution in [0.4, 0.5) is 0 Å². The quantitative estimate of drug-likeness (QED) is 0.854. The van der Waals surface area contributed by atoms with Crippen LogP contribution >= 0.6 is 0 Å². The molecule has 0 saturated heterocycles. The van der Waals surface area contributed by atoms with Crippen LogP contribution in [0.3, 0.4) is 0 Å². The van der Waals surface area contributed by atoms with Gasteiger partial charge >= 0.3 is 0 Å². The van der Waals surface area contributed by atoms with Crippen LogP contribution in [0.5, 0.6) is 17.2 Å². The molecule has 1 aromatic rings. The van der Waals surface area contributed by atoms with E-state index >= 15 is 0 Å². The highest BCUT2D eigenvalue weighted by Gasteiger charge is 2.29. The summed E-state index contributed by atoms with van der Waals surface area (Å²) in [6.45, 7) is 4.48. The molecule has 0 fully saturated rings. The number of methoxy groups -OCH3 is 1. The highest BCUT2D eigenvalue weighted by Crippen LogP contribution is 2.41. The molecule has 2 rings (SSSR count). The van der Waals surface area contributed by atoms with Gasteiger partial charge in [0.1, 0.15) is 0 Å². The Morgan fingerprint density at radius 3 is 2.67 bits per heavy atom. The van der Waals surface area contributed by atoms with Gasteiger partial charge < -0.3 is 19.5 Å². The topological polar surface area (TPSA) is 73.9 Å². The van der Waals surface area contributed by atoms with E-state index in [-0.39, 0.29) is 6.79 Å². The molecular formula is C14H21NO5S. The first-order valence-corrected chi connectivity index (χ1v) is 8.50. The number of fused-ring (bicyclic) bond motifs is 1. The van der Waals surface area contributed by atoms with Gasteiger partial charge in [0.15, 0.2) is 21.3 Å². The lowest BCUT2D eigenvalue weighted by Crippen LogP contribution is -2.41. The number of nitrogens with one attached hydrogen (secondary N) is 1. The van der Waals surface area contributed by atoms with Gasteiger partial charge in [0.25, 0.3) is 0 Å². The summed E-state index contributed by atoms with van der Waals surface area (Å²) in [6.07, 6.45) is 1.25. The third-order valence-corrected chi connectivity index (χ3v) is 5.75.